The summed E-state index contributed by atoms with van der Waals surface area (Å²) in [5.74, 6) is -1.80. The van der Waals surface area contributed by atoms with E-state index in [0.29, 0.717) is 22.9 Å². The summed E-state index contributed by atoms with van der Waals surface area (Å²) < 4.78 is 39.5. The molecular weight excluding hydrogens is 313 g/mol. The maximum atomic E-state index is 13.2. The van der Waals surface area contributed by atoms with Gasteiger partial charge in [0.2, 0.25) is 5.91 Å². The maximum Gasteiger partial charge on any atom is 0.392 e. The first kappa shape index (κ1) is 15.8. The van der Waals surface area contributed by atoms with Crippen molar-refractivity contribution in [1.29, 1.82) is 0 Å². The van der Waals surface area contributed by atoms with Gasteiger partial charge in [0.25, 0.3) is 0 Å². The van der Waals surface area contributed by atoms with Gasteiger partial charge in [-0.25, -0.2) is 4.98 Å². The van der Waals surface area contributed by atoms with E-state index in [9.17, 15) is 18.0 Å². The standard InChI is InChI=1S/C15H19F3N2OS/c16-15(17,18)11-7-2-1-6-10(11)12-8-19-14(22-12)20-13(21)9-4-3-5-9/h8-11H,1-7H2,(H,19,20,21)/t10-,11-/m1/s1. The van der Waals surface area contributed by atoms with Gasteiger partial charge in [-0.2, -0.15) is 13.2 Å². The topological polar surface area (TPSA) is 42.0 Å². The van der Waals surface area contributed by atoms with Crippen molar-refractivity contribution in [3.8, 4) is 0 Å². The highest BCUT2D eigenvalue weighted by Gasteiger charge is 2.46. The number of anilines is 1. The lowest BCUT2D eigenvalue weighted by Gasteiger charge is -2.32. The van der Waals surface area contributed by atoms with Gasteiger partial charge in [0.1, 0.15) is 0 Å². The molecule has 3 rings (SSSR count). The fourth-order valence-corrected chi connectivity index (χ4v) is 4.28. The van der Waals surface area contributed by atoms with Crippen LogP contribution in [0.15, 0.2) is 6.20 Å². The quantitative estimate of drug-likeness (QED) is 0.870. The van der Waals surface area contributed by atoms with E-state index in [-0.39, 0.29) is 18.2 Å². The van der Waals surface area contributed by atoms with Crippen LogP contribution in [0, 0.1) is 11.8 Å². The second-order valence-corrected chi connectivity index (χ2v) is 7.29. The summed E-state index contributed by atoms with van der Waals surface area (Å²) in [5.41, 5.74) is 0. The van der Waals surface area contributed by atoms with E-state index < -0.39 is 18.0 Å². The van der Waals surface area contributed by atoms with Crippen molar-refractivity contribution < 1.29 is 18.0 Å². The lowest BCUT2D eigenvalue weighted by atomic mass is 9.78. The summed E-state index contributed by atoms with van der Waals surface area (Å²) in [6.07, 6.45) is 2.38. The predicted molar refractivity (Wildman–Crippen MR) is 78.8 cm³/mol. The number of amides is 1. The smallest absolute Gasteiger partial charge is 0.302 e. The number of nitrogens with zero attached hydrogens (tertiary/aromatic N) is 1. The van der Waals surface area contributed by atoms with Gasteiger partial charge >= 0.3 is 6.18 Å². The second-order valence-electron chi connectivity index (χ2n) is 6.22. The fraction of sp³-hybridized carbons (Fsp3) is 0.733. The van der Waals surface area contributed by atoms with Gasteiger partial charge in [0.15, 0.2) is 5.13 Å². The Hall–Kier alpha value is -1.11. The Morgan fingerprint density at radius 3 is 2.55 bits per heavy atom. The second kappa shape index (κ2) is 6.18. The summed E-state index contributed by atoms with van der Waals surface area (Å²) >= 11 is 1.20. The van der Waals surface area contributed by atoms with E-state index in [0.717, 1.165) is 25.7 Å². The van der Waals surface area contributed by atoms with E-state index >= 15 is 0 Å². The Labute approximate surface area is 131 Å². The van der Waals surface area contributed by atoms with Gasteiger partial charge in [0, 0.05) is 22.9 Å². The minimum Gasteiger partial charge on any atom is -0.302 e. The van der Waals surface area contributed by atoms with Crippen molar-refractivity contribution in [2.45, 2.75) is 57.0 Å². The lowest BCUT2D eigenvalue weighted by molar-refractivity contribution is -0.187. The molecule has 22 heavy (non-hydrogen) atoms. The number of carbonyl (C=O) groups is 1. The van der Waals surface area contributed by atoms with Crippen molar-refractivity contribution in [2.24, 2.45) is 11.8 Å². The Balaban J connectivity index is 1.70. The van der Waals surface area contributed by atoms with Crippen LogP contribution in [0.1, 0.15) is 55.7 Å². The van der Waals surface area contributed by atoms with Gasteiger partial charge in [-0.05, 0) is 25.7 Å². The third-order valence-corrected chi connectivity index (χ3v) is 5.83. The van der Waals surface area contributed by atoms with Crippen LogP contribution in [0.3, 0.4) is 0 Å². The highest BCUT2D eigenvalue weighted by Crippen LogP contribution is 2.48. The molecule has 2 aliphatic rings. The van der Waals surface area contributed by atoms with Crippen LogP contribution in [-0.2, 0) is 4.79 Å². The lowest BCUT2D eigenvalue weighted by Crippen LogP contribution is -2.31. The summed E-state index contributed by atoms with van der Waals surface area (Å²) in [6, 6.07) is 0. The molecule has 0 radical (unpaired) electrons. The fourth-order valence-electron chi connectivity index (χ4n) is 3.26. The predicted octanol–water partition coefficient (Wildman–Crippen LogP) is 4.72. The Bertz CT molecular complexity index is 539. The van der Waals surface area contributed by atoms with Crippen molar-refractivity contribution in [3.05, 3.63) is 11.1 Å². The number of hydrogen-bond acceptors (Lipinski definition) is 3. The number of halogens is 3. The van der Waals surface area contributed by atoms with Crippen LogP contribution >= 0.6 is 11.3 Å². The van der Waals surface area contributed by atoms with Crippen LogP contribution in [-0.4, -0.2) is 17.1 Å². The number of carbonyl (C=O) groups excluding carboxylic acids is 1. The van der Waals surface area contributed by atoms with E-state index in [1.54, 1.807) is 0 Å². The number of nitrogens with one attached hydrogen (secondary N) is 1. The molecule has 0 saturated heterocycles. The number of alkyl halides is 3. The zero-order valence-electron chi connectivity index (χ0n) is 12.2. The number of thiazole rings is 1. The molecule has 0 unspecified atom stereocenters. The van der Waals surface area contributed by atoms with Gasteiger partial charge in [-0.15, -0.1) is 11.3 Å². The molecule has 0 bridgehead atoms. The summed E-state index contributed by atoms with van der Waals surface area (Å²) in [5, 5.41) is 3.17. The number of hydrogen-bond donors (Lipinski definition) is 1. The average Bonchev–Trinajstić information content (AvgIpc) is 2.84. The van der Waals surface area contributed by atoms with Crippen molar-refractivity contribution in [3.63, 3.8) is 0 Å². The van der Waals surface area contributed by atoms with Crippen molar-refractivity contribution in [1.82, 2.24) is 4.98 Å². The summed E-state index contributed by atoms with van der Waals surface area (Å²) in [6.45, 7) is 0. The minimum absolute atomic E-state index is 0.0463. The molecule has 0 spiro atoms. The van der Waals surface area contributed by atoms with Crippen molar-refractivity contribution >= 4 is 22.4 Å². The average molecular weight is 332 g/mol. The molecule has 2 fully saturated rings. The molecular formula is C15H19F3N2OS. The van der Waals surface area contributed by atoms with Crippen LogP contribution < -0.4 is 5.32 Å². The highest BCUT2D eigenvalue weighted by atomic mass is 32.1. The third kappa shape index (κ3) is 3.29. The number of aromatic nitrogens is 1. The molecule has 1 heterocycles. The molecule has 1 amide bonds. The number of rotatable bonds is 3. The Kier molecular flexibility index (Phi) is 4.43. The van der Waals surface area contributed by atoms with Gasteiger partial charge in [-0.1, -0.05) is 19.3 Å². The van der Waals surface area contributed by atoms with E-state index in [2.05, 4.69) is 10.3 Å². The van der Waals surface area contributed by atoms with E-state index in [4.69, 9.17) is 0 Å². The summed E-state index contributed by atoms with van der Waals surface area (Å²) in [4.78, 5) is 16.6. The van der Waals surface area contributed by atoms with Crippen LogP contribution in [0.25, 0.3) is 0 Å². The normalized spacial score (nSPS) is 26.5. The van der Waals surface area contributed by atoms with Gasteiger partial charge < -0.3 is 5.32 Å². The molecule has 0 aromatic carbocycles. The first-order valence-electron chi connectivity index (χ1n) is 7.78. The maximum absolute atomic E-state index is 13.2. The zero-order valence-corrected chi connectivity index (χ0v) is 13.0. The highest BCUT2D eigenvalue weighted by molar-refractivity contribution is 7.15. The van der Waals surface area contributed by atoms with Crippen LogP contribution in [0.2, 0.25) is 0 Å². The molecule has 0 aliphatic heterocycles. The zero-order chi connectivity index (χ0) is 15.7. The van der Waals surface area contributed by atoms with Gasteiger partial charge in [-0.3, -0.25) is 4.79 Å². The largest absolute Gasteiger partial charge is 0.392 e. The Morgan fingerprint density at radius 2 is 1.91 bits per heavy atom. The molecule has 2 atom stereocenters. The SMILES string of the molecule is O=C(Nc1ncc([C@@H]2CCCC[C@H]2C(F)(F)F)s1)C1CCC1. The van der Waals surface area contributed by atoms with Crippen LogP contribution in [0.4, 0.5) is 18.3 Å². The molecule has 7 heteroatoms. The molecule has 3 nitrogen and oxygen atoms in total. The first-order valence-corrected chi connectivity index (χ1v) is 8.60. The van der Waals surface area contributed by atoms with Crippen LogP contribution in [0.5, 0.6) is 0 Å². The molecule has 1 aromatic heterocycles. The Morgan fingerprint density at radius 1 is 1.18 bits per heavy atom. The van der Waals surface area contributed by atoms with E-state index in [1.165, 1.54) is 17.5 Å². The summed E-state index contributed by atoms with van der Waals surface area (Å²) in [7, 11) is 0. The molecule has 1 aromatic rings. The van der Waals surface area contributed by atoms with E-state index in [1.807, 2.05) is 0 Å². The molecule has 2 saturated carbocycles. The first-order chi connectivity index (χ1) is 10.4. The van der Waals surface area contributed by atoms with Crippen molar-refractivity contribution in [2.75, 3.05) is 5.32 Å². The van der Waals surface area contributed by atoms with Gasteiger partial charge in [0.05, 0.1) is 5.92 Å². The molecule has 122 valence electrons. The third-order valence-electron chi connectivity index (χ3n) is 4.78. The molecule has 1 N–H and O–H groups in total. The monoisotopic (exact) mass is 332 g/mol. The molecule has 2 aliphatic carbocycles. The minimum atomic E-state index is -4.16.